The van der Waals surface area contributed by atoms with Crippen molar-refractivity contribution >= 4 is 11.5 Å². The summed E-state index contributed by atoms with van der Waals surface area (Å²) in [7, 11) is 0. The predicted octanol–water partition coefficient (Wildman–Crippen LogP) is 1.48. The molecule has 1 N–H and O–H groups in total. The van der Waals surface area contributed by atoms with Crippen molar-refractivity contribution in [3.8, 4) is 0 Å². The van der Waals surface area contributed by atoms with Crippen LogP contribution in [0.15, 0.2) is 18.5 Å². The van der Waals surface area contributed by atoms with E-state index in [1.54, 1.807) is 6.92 Å². The van der Waals surface area contributed by atoms with Gasteiger partial charge in [0.05, 0.1) is 11.8 Å². The predicted molar refractivity (Wildman–Crippen MR) is 46.8 cm³/mol. The molecule has 0 fully saturated rings. The number of aromatic nitrogens is 2. The Morgan fingerprint density at radius 2 is 2.36 bits per heavy atom. The van der Waals surface area contributed by atoms with Crippen LogP contribution in [0, 0.1) is 12.7 Å². The zero-order valence-electron chi connectivity index (χ0n) is 7.36. The second kappa shape index (κ2) is 2.80. The number of carboxylic acids is 1. The fourth-order valence-electron chi connectivity index (χ4n) is 1.33. The topological polar surface area (TPSA) is 54.6 Å². The highest BCUT2D eigenvalue weighted by atomic mass is 19.1. The molecule has 0 aromatic carbocycles. The van der Waals surface area contributed by atoms with Crippen LogP contribution in [0.3, 0.4) is 0 Å². The molecule has 14 heavy (non-hydrogen) atoms. The Morgan fingerprint density at radius 3 is 3.00 bits per heavy atom. The number of nitrogens with zero attached hydrogens (tertiary/aromatic N) is 2. The highest BCUT2D eigenvalue weighted by Crippen LogP contribution is 2.15. The standard InChI is InChI=1S/C9H7FN2O2/c1-5-11-4-7-8(10)6(9(13)14)2-3-12(5)7/h2-4H,1H3,(H,13,14). The van der Waals surface area contributed by atoms with Gasteiger partial charge in [-0.05, 0) is 13.0 Å². The maximum absolute atomic E-state index is 13.5. The molecule has 72 valence electrons. The van der Waals surface area contributed by atoms with E-state index in [9.17, 15) is 9.18 Å². The first kappa shape index (κ1) is 8.68. The van der Waals surface area contributed by atoms with E-state index in [1.807, 2.05) is 0 Å². The van der Waals surface area contributed by atoms with Gasteiger partial charge in [0.2, 0.25) is 0 Å². The highest BCUT2D eigenvalue weighted by molar-refractivity contribution is 5.89. The van der Waals surface area contributed by atoms with Crippen molar-refractivity contribution in [3.63, 3.8) is 0 Å². The second-order valence-electron chi connectivity index (χ2n) is 2.91. The van der Waals surface area contributed by atoms with E-state index >= 15 is 0 Å². The fourth-order valence-corrected chi connectivity index (χ4v) is 1.33. The van der Waals surface area contributed by atoms with Gasteiger partial charge in [0.1, 0.15) is 11.3 Å². The van der Waals surface area contributed by atoms with E-state index in [4.69, 9.17) is 5.11 Å². The summed E-state index contributed by atoms with van der Waals surface area (Å²) in [6, 6.07) is 1.22. The summed E-state index contributed by atoms with van der Waals surface area (Å²) in [5, 5.41) is 8.66. The van der Waals surface area contributed by atoms with E-state index in [0.29, 0.717) is 5.82 Å². The van der Waals surface area contributed by atoms with Crippen LogP contribution in [0.25, 0.3) is 5.52 Å². The zero-order chi connectivity index (χ0) is 10.3. The molecule has 0 aliphatic heterocycles. The molecular weight excluding hydrogens is 187 g/mol. The molecule has 0 radical (unpaired) electrons. The van der Waals surface area contributed by atoms with Gasteiger partial charge in [-0.15, -0.1) is 0 Å². The van der Waals surface area contributed by atoms with Gasteiger partial charge in [0, 0.05) is 6.20 Å². The largest absolute Gasteiger partial charge is 0.478 e. The number of imidazole rings is 1. The summed E-state index contributed by atoms with van der Waals surface area (Å²) in [4.78, 5) is 14.5. The van der Waals surface area contributed by atoms with E-state index < -0.39 is 11.8 Å². The van der Waals surface area contributed by atoms with E-state index in [-0.39, 0.29) is 11.1 Å². The number of hydrogen-bond acceptors (Lipinski definition) is 2. The third-order valence-corrected chi connectivity index (χ3v) is 2.06. The second-order valence-corrected chi connectivity index (χ2v) is 2.91. The normalized spacial score (nSPS) is 10.7. The molecule has 2 aromatic rings. The SMILES string of the molecule is Cc1ncc2c(F)c(C(=O)O)ccn12. The third kappa shape index (κ3) is 1.06. The lowest BCUT2D eigenvalue weighted by molar-refractivity contribution is 0.0692. The summed E-state index contributed by atoms with van der Waals surface area (Å²) in [6.07, 6.45) is 2.81. The number of carboxylic acid groups (broad SMARTS) is 1. The van der Waals surface area contributed by atoms with Crippen LogP contribution in [0.5, 0.6) is 0 Å². The minimum atomic E-state index is -1.27. The number of hydrogen-bond donors (Lipinski definition) is 1. The molecule has 0 atom stereocenters. The summed E-state index contributed by atoms with van der Waals surface area (Å²) < 4.78 is 15.0. The van der Waals surface area contributed by atoms with Gasteiger partial charge in [0.15, 0.2) is 5.82 Å². The quantitative estimate of drug-likeness (QED) is 0.748. The summed E-state index contributed by atoms with van der Waals surface area (Å²) in [5.74, 6) is -1.40. The van der Waals surface area contributed by atoms with Gasteiger partial charge in [-0.1, -0.05) is 0 Å². The Labute approximate surface area is 78.6 Å². The number of aromatic carboxylic acids is 1. The van der Waals surface area contributed by atoms with Gasteiger partial charge >= 0.3 is 5.97 Å². The number of carbonyl (C=O) groups is 1. The van der Waals surface area contributed by atoms with Crippen molar-refractivity contribution in [2.45, 2.75) is 6.92 Å². The molecule has 2 aromatic heterocycles. The van der Waals surface area contributed by atoms with Crippen LogP contribution in [-0.4, -0.2) is 20.5 Å². The van der Waals surface area contributed by atoms with E-state index in [1.165, 1.54) is 22.9 Å². The lowest BCUT2D eigenvalue weighted by Crippen LogP contribution is -2.03. The van der Waals surface area contributed by atoms with Crippen molar-refractivity contribution in [1.29, 1.82) is 0 Å². The Bertz CT molecular complexity index is 519. The van der Waals surface area contributed by atoms with Crippen LogP contribution in [0.1, 0.15) is 16.2 Å². The molecule has 5 heteroatoms. The van der Waals surface area contributed by atoms with Gasteiger partial charge in [-0.25, -0.2) is 14.2 Å². The molecule has 0 saturated carbocycles. The summed E-state index contributed by atoms with van der Waals surface area (Å²) in [6.45, 7) is 1.72. The zero-order valence-corrected chi connectivity index (χ0v) is 7.36. The molecule has 0 unspecified atom stereocenters. The molecule has 4 nitrogen and oxygen atoms in total. The van der Waals surface area contributed by atoms with Crippen molar-refractivity contribution in [3.05, 3.63) is 35.7 Å². The number of fused-ring (bicyclic) bond motifs is 1. The Balaban J connectivity index is 2.82. The maximum Gasteiger partial charge on any atom is 0.338 e. The third-order valence-electron chi connectivity index (χ3n) is 2.06. The van der Waals surface area contributed by atoms with Crippen LogP contribution in [0.4, 0.5) is 4.39 Å². The molecule has 0 spiro atoms. The molecule has 2 rings (SSSR count). The van der Waals surface area contributed by atoms with Gasteiger partial charge < -0.3 is 9.51 Å². The Kier molecular flexibility index (Phi) is 1.73. The summed E-state index contributed by atoms with van der Waals surface area (Å²) >= 11 is 0. The van der Waals surface area contributed by atoms with Gasteiger partial charge in [0.25, 0.3) is 0 Å². The van der Waals surface area contributed by atoms with Gasteiger partial charge in [-0.2, -0.15) is 0 Å². The van der Waals surface area contributed by atoms with Crippen molar-refractivity contribution in [1.82, 2.24) is 9.38 Å². The lowest BCUT2D eigenvalue weighted by atomic mass is 10.2. The Morgan fingerprint density at radius 1 is 1.64 bits per heavy atom. The van der Waals surface area contributed by atoms with Crippen LogP contribution >= 0.6 is 0 Å². The highest BCUT2D eigenvalue weighted by Gasteiger charge is 2.14. The minimum absolute atomic E-state index is 0.183. The number of halogens is 1. The first-order valence-electron chi connectivity index (χ1n) is 3.96. The number of aryl methyl sites for hydroxylation is 1. The van der Waals surface area contributed by atoms with Crippen molar-refractivity contribution < 1.29 is 14.3 Å². The van der Waals surface area contributed by atoms with Crippen LogP contribution in [0.2, 0.25) is 0 Å². The van der Waals surface area contributed by atoms with E-state index in [0.717, 1.165) is 0 Å². The monoisotopic (exact) mass is 194 g/mol. The van der Waals surface area contributed by atoms with Crippen molar-refractivity contribution in [2.24, 2.45) is 0 Å². The van der Waals surface area contributed by atoms with Crippen LogP contribution < -0.4 is 0 Å². The minimum Gasteiger partial charge on any atom is -0.478 e. The first-order chi connectivity index (χ1) is 6.61. The molecular formula is C9H7FN2O2. The lowest BCUT2D eigenvalue weighted by Gasteiger charge is -2.00. The molecule has 2 heterocycles. The average Bonchev–Trinajstić information content (AvgIpc) is 2.49. The number of rotatable bonds is 1. The average molecular weight is 194 g/mol. The molecule has 0 saturated heterocycles. The van der Waals surface area contributed by atoms with E-state index in [2.05, 4.69) is 4.98 Å². The fraction of sp³-hybridized carbons (Fsp3) is 0.111. The smallest absolute Gasteiger partial charge is 0.338 e. The number of pyridine rings is 1. The van der Waals surface area contributed by atoms with Crippen molar-refractivity contribution in [2.75, 3.05) is 0 Å². The molecule has 0 amide bonds. The van der Waals surface area contributed by atoms with Crippen LogP contribution in [-0.2, 0) is 0 Å². The molecule has 0 aliphatic rings. The maximum atomic E-state index is 13.5. The molecule has 0 aliphatic carbocycles. The summed E-state index contributed by atoms with van der Waals surface area (Å²) in [5.41, 5.74) is -0.153. The Hall–Kier alpha value is -1.91. The van der Waals surface area contributed by atoms with Gasteiger partial charge in [-0.3, -0.25) is 0 Å². The first-order valence-corrected chi connectivity index (χ1v) is 3.96. The molecule has 0 bridgehead atoms.